The first-order valence-corrected chi connectivity index (χ1v) is 9.34. The highest BCUT2D eigenvalue weighted by atomic mass is 19.1. The smallest absolute Gasteiger partial charge is 0.329 e. The van der Waals surface area contributed by atoms with Crippen molar-refractivity contribution < 1.29 is 19.1 Å². The number of amides is 1. The van der Waals surface area contributed by atoms with Crippen molar-refractivity contribution >= 4 is 11.9 Å². The Morgan fingerprint density at radius 2 is 2.00 bits per heavy atom. The van der Waals surface area contributed by atoms with Gasteiger partial charge in [-0.1, -0.05) is 6.07 Å². The number of benzene rings is 1. The van der Waals surface area contributed by atoms with Crippen molar-refractivity contribution in [3.8, 4) is 5.69 Å². The number of hydrogen-bond acceptors (Lipinski definition) is 3. The largest absolute Gasteiger partial charge is 0.480 e. The van der Waals surface area contributed by atoms with E-state index in [0.717, 1.165) is 36.9 Å². The zero-order valence-electron chi connectivity index (χ0n) is 15.2. The second-order valence-corrected chi connectivity index (χ2v) is 7.51. The van der Waals surface area contributed by atoms with Crippen molar-refractivity contribution in [2.45, 2.75) is 51.0 Å². The number of carbonyl (C=O) groups is 2. The zero-order valence-corrected chi connectivity index (χ0v) is 15.2. The average Bonchev–Trinajstić information content (AvgIpc) is 3.23. The van der Waals surface area contributed by atoms with E-state index in [4.69, 9.17) is 0 Å². The van der Waals surface area contributed by atoms with E-state index < -0.39 is 11.5 Å². The lowest BCUT2D eigenvalue weighted by Crippen LogP contribution is -2.51. The molecule has 0 spiro atoms. The predicted molar refractivity (Wildman–Crippen MR) is 96.5 cm³/mol. The van der Waals surface area contributed by atoms with E-state index in [1.807, 2.05) is 0 Å². The average molecular weight is 371 g/mol. The van der Waals surface area contributed by atoms with Gasteiger partial charge in [-0.05, 0) is 63.6 Å². The maximum atomic E-state index is 13.7. The molecule has 142 valence electrons. The molecule has 0 radical (unpaired) electrons. The number of carbonyl (C=O) groups excluding carboxylic acids is 1. The number of halogens is 1. The molecule has 1 unspecified atom stereocenters. The van der Waals surface area contributed by atoms with Crippen LogP contribution < -0.4 is 0 Å². The van der Waals surface area contributed by atoms with E-state index in [0.29, 0.717) is 30.8 Å². The van der Waals surface area contributed by atoms with Gasteiger partial charge < -0.3 is 10.0 Å². The van der Waals surface area contributed by atoms with E-state index in [1.54, 1.807) is 23.7 Å². The van der Waals surface area contributed by atoms with Gasteiger partial charge in [-0.3, -0.25) is 4.79 Å². The first-order valence-electron chi connectivity index (χ1n) is 9.34. The molecule has 27 heavy (non-hydrogen) atoms. The van der Waals surface area contributed by atoms with Crippen LogP contribution in [0.15, 0.2) is 24.3 Å². The summed E-state index contributed by atoms with van der Waals surface area (Å²) in [6, 6.07) is 6.14. The Morgan fingerprint density at radius 1 is 1.22 bits per heavy atom. The van der Waals surface area contributed by atoms with Crippen LogP contribution >= 0.6 is 0 Å². The molecule has 2 aromatic rings. The number of carboxylic acids is 1. The summed E-state index contributed by atoms with van der Waals surface area (Å²) in [5, 5.41) is 14.2. The second kappa shape index (κ2) is 6.48. The second-order valence-electron chi connectivity index (χ2n) is 7.51. The minimum absolute atomic E-state index is 0.309. The van der Waals surface area contributed by atoms with Gasteiger partial charge in [0.15, 0.2) is 5.69 Å². The molecule has 2 heterocycles. The third-order valence-electron chi connectivity index (χ3n) is 5.78. The summed E-state index contributed by atoms with van der Waals surface area (Å²) >= 11 is 0. The number of rotatable bonds is 3. The van der Waals surface area contributed by atoms with Crippen LogP contribution in [-0.4, -0.2) is 43.7 Å². The van der Waals surface area contributed by atoms with E-state index in [-0.39, 0.29) is 11.7 Å². The van der Waals surface area contributed by atoms with Gasteiger partial charge >= 0.3 is 5.97 Å². The van der Waals surface area contributed by atoms with Crippen LogP contribution in [0.1, 0.15) is 54.4 Å². The first kappa shape index (κ1) is 17.7. The minimum Gasteiger partial charge on any atom is -0.480 e. The number of carboxylic acid groups (broad SMARTS) is 1. The molecule has 1 aromatic carbocycles. The molecule has 1 atom stereocenters. The van der Waals surface area contributed by atoms with Crippen molar-refractivity contribution in [2.24, 2.45) is 0 Å². The van der Waals surface area contributed by atoms with Gasteiger partial charge in [-0.2, -0.15) is 5.10 Å². The lowest BCUT2D eigenvalue weighted by Gasteiger charge is -2.31. The van der Waals surface area contributed by atoms with Gasteiger partial charge in [0.2, 0.25) is 0 Å². The molecule has 1 fully saturated rings. The molecule has 1 amide bonds. The SMILES string of the molecule is CC1(C(=O)O)CCCN1C(=O)c1nn(-c2cccc(F)c2)c2c1CCCC2. The number of likely N-dealkylation sites (tertiary alicyclic amines) is 1. The third-order valence-corrected chi connectivity index (χ3v) is 5.78. The molecule has 1 aliphatic carbocycles. The monoisotopic (exact) mass is 371 g/mol. The van der Waals surface area contributed by atoms with Gasteiger partial charge in [0.05, 0.1) is 5.69 Å². The van der Waals surface area contributed by atoms with Gasteiger partial charge in [0, 0.05) is 17.8 Å². The fourth-order valence-corrected chi connectivity index (χ4v) is 4.23. The van der Waals surface area contributed by atoms with Crippen LogP contribution in [0.3, 0.4) is 0 Å². The lowest BCUT2D eigenvalue weighted by molar-refractivity contribution is -0.147. The molecule has 1 aromatic heterocycles. The molecular weight excluding hydrogens is 349 g/mol. The molecule has 4 rings (SSSR count). The Labute approximate surface area is 156 Å². The van der Waals surface area contributed by atoms with Crippen molar-refractivity contribution in [1.29, 1.82) is 0 Å². The predicted octanol–water partition coefficient (Wildman–Crippen LogP) is 2.97. The fraction of sp³-hybridized carbons (Fsp3) is 0.450. The third kappa shape index (κ3) is 2.81. The van der Waals surface area contributed by atoms with Crippen LogP contribution in [0.25, 0.3) is 5.69 Å². The number of fused-ring (bicyclic) bond motifs is 1. The molecule has 7 heteroatoms. The van der Waals surface area contributed by atoms with Gasteiger partial charge in [0.1, 0.15) is 11.4 Å². The van der Waals surface area contributed by atoms with Crippen molar-refractivity contribution in [1.82, 2.24) is 14.7 Å². The van der Waals surface area contributed by atoms with Crippen LogP contribution in [0.4, 0.5) is 4.39 Å². The normalized spacial score (nSPS) is 21.9. The van der Waals surface area contributed by atoms with Crippen LogP contribution in [-0.2, 0) is 17.6 Å². The quantitative estimate of drug-likeness (QED) is 0.900. The molecule has 1 saturated heterocycles. The Hall–Kier alpha value is -2.70. The number of hydrogen-bond donors (Lipinski definition) is 1. The number of aliphatic carboxylic acids is 1. The lowest BCUT2D eigenvalue weighted by atomic mass is 9.94. The Bertz CT molecular complexity index is 923. The summed E-state index contributed by atoms with van der Waals surface area (Å²) in [4.78, 5) is 26.5. The fourth-order valence-electron chi connectivity index (χ4n) is 4.23. The number of nitrogens with zero attached hydrogens (tertiary/aromatic N) is 3. The zero-order chi connectivity index (χ0) is 19.2. The first-order chi connectivity index (χ1) is 12.9. The maximum absolute atomic E-state index is 13.7. The molecule has 0 bridgehead atoms. The molecular formula is C20H22FN3O3. The van der Waals surface area contributed by atoms with E-state index in [9.17, 15) is 19.1 Å². The van der Waals surface area contributed by atoms with Crippen LogP contribution in [0.5, 0.6) is 0 Å². The van der Waals surface area contributed by atoms with Gasteiger partial charge in [-0.15, -0.1) is 0 Å². The van der Waals surface area contributed by atoms with E-state index in [1.165, 1.54) is 17.0 Å². The van der Waals surface area contributed by atoms with E-state index >= 15 is 0 Å². The summed E-state index contributed by atoms with van der Waals surface area (Å²) in [6.07, 6.45) is 4.52. The van der Waals surface area contributed by atoms with Gasteiger partial charge in [-0.25, -0.2) is 13.9 Å². The molecule has 1 aliphatic heterocycles. The topological polar surface area (TPSA) is 75.4 Å². The molecule has 0 saturated carbocycles. The summed E-state index contributed by atoms with van der Waals surface area (Å²) in [6.45, 7) is 2.00. The minimum atomic E-state index is -1.21. The summed E-state index contributed by atoms with van der Waals surface area (Å²) in [7, 11) is 0. The maximum Gasteiger partial charge on any atom is 0.329 e. The Kier molecular flexibility index (Phi) is 4.25. The standard InChI is InChI=1S/C20H22FN3O3/c1-20(19(26)27)10-5-11-23(20)18(25)17-15-8-2-3-9-16(15)24(22-17)14-7-4-6-13(21)12-14/h4,6-7,12H,2-3,5,8-11H2,1H3,(H,26,27). The van der Waals surface area contributed by atoms with Crippen molar-refractivity contribution in [3.63, 3.8) is 0 Å². The van der Waals surface area contributed by atoms with Crippen LogP contribution in [0.2, 0.25) is 0 Å². The van der Waals surface area contributed by atoms with E-state index in [2.05, 4.69) is 5.10 Å². The summed E-state index contributed by atoms with van der Waals surface area (Å²) < 4.78 is 15.4. The van der Waals surface area contributed by atoms with Crippen molar-refractivity contribution in [3.05, 3.63) is 47.0 Å². The molecule has 1 N–H and O–H groups in total. The summed E-state index contributed by atoms with van der Waals surface area (Å²) in [5.74, 6) is -1.70. The summed E-state index contributed by atoms with van der Waals surface area (Å²) in [5.41, 5.74) is 1.47. The van der Waals surface area contributed by atoms with Gasteiger partial charge in [0.25, 0.3) is 5.91 Å². The van der Waals surface area contributed by atoms with Crippen LogP contribution in [0, 0.1) is 5.82 Å². The highest BCUT2D eigenvalue weighted by Gasteiger charge is 2.47. The Balaban J connectivity index is 1.80. The highest BCUT2D eigenvalue weighted by molar-refractivity contribution is 5.98. The van der Waals surface area contributed by atoms with Crippen molar-refractivity contribution in [2.75, 3.05) is 6.54 Å². The molecule has 6 nitrogen and oxygen atoms in total. The highest BCUT2D eigenvalue weighted by Crippen LogP contribution is 2.33. The Morgan fingerprint density at radius 3 is 2.74 bits per heavy atom. The number of aromatic nitrogens is 2. The molecule has 2 aliphatic rings.